The summed E-state index contributed by atoms with van der Waals surface area (Å²) >= 11 is 1.96. The van der Waals surface area contributed by atoms with Crippen molar-refractivity contribution in [1.82, 2.24) is 0 Å². The van der Waals surface area contributed by atoms with Crippen LogP contribution in [-0.4, -0.2) is 0 Å². The molecule has 1 nitrogen and oxygen atoms in total. The zero-order valence-electron chi connectivity index (χ0n) is 39.3. The number of hydrogen-bond acceptors (Lipinski definition) is 2. The van der Waals surface area contributed by atoms with Gasteiger partial charge < -0.3 is 4.90 Å². The number of anilines is 3. The molecule has 15 rings (SSSR count). The van der Waals surface area contributed by atoms with Gasteiger partial charge in [0.15, 0.2) is 0 Å². The largest absolute Gasteiger partial charge is 0.310 e. The minimum atomic E-state index is -0.516. The summed E-state index contributed by atoms with van der Waals surface area (Å²) in [5.41, 5.74) is 24.3. The number of fused-ring (bicyclic) bond motifs is 15. The van der Waals surface area contributed by atoms with Crippen LogP contribution in [0, 0.1) is 0 Å². The molecule has 3 aliphatic rings. The first-order chi connectivity index (χ1) is 35.7. The van der Waals surface area contributed by atoms with Crippen LogP contribution in [0.3, 0.4) is 0 Å². The lowest BCUT2D eigenvalue weighted by molar-refractivity contribution is 0.768. The van der Waals surface area contributed by atoms with Crippen molar-refractivity contribution in [3.05, 3.63) is 317 Å². The zero-order chi connectivity index (χ0) is 47.4. The predicted octanol–water partition coefficient (Wildman–Crippen LogP) is 18.4. The molecule has 1 atom stereocenters. The quantitative estimate of drug-likeness (QED) is 0.154. The van der Waals surface area contributed by atoms with E-state index in [9.17, 15) is 0 Å². The Bertz CT molecular complexity index is 4040. The van der Waals surface area contributed by atoms with Crippen LogP contribution >= 0.6 is 11.3 Å². The van der Waals surface area contributed by atoms with Crippen LogP contribution in [0.2, 0.25) is 0 Å². The molecule has 72 heavy (non-hydrogen) atoms. The van der Waals surface area contributed by atoms with Crippen LogP contribution in [-0.2, 0) is 10.8 Å². The van der Waals surface area contributed by atoms with E-state index >= 15 is 0 Å². The summed E-state index contributed by atoms with van der Waals surface area (Å²) in [4.78, 5) is 3.87. The summed E-state index contributed by atoms with van der Waals surface area (Å²) in [7, 11) is 0. The molecule has 0 saturated carbocycles. The third-order valence-electron chi connectivity index (χ3n) is 16.0. The second-order valence-corrected chi connectivity index (χ2v) is 20.5. The Kier molecular flexibility index (Phi) is 9.03. The van der Waals surface area contributed by atoms with Crippen LogP contribution in [0.5, 0.6) is 0 Å². The fourth-order valence-corrected chi connectivity index (χ4v) is 14.4. The van der Waals surface area contributed by atoms with Crippen molar-refractivity contribution < 1.29 is 0 Å². The molecule has 2 heteroatoms. The van der Waals surface area contributed by atoms with Gasteiger partial charge in [-0.1, -0.05) is 224 Å². The molecule has 0 bridgehead atoms. The van der Waals surface area contributed by atoms with Crippen molar-refractivity contribution in [2.24, 2.45) is 0 Å². The highest BCUT2D eigenvalue weighted by molar-refractivity contribution is 7.20. The third-order valence-corrected chi connectivity index (χ3v) is 17.3. The van der Waals surface area contributed by atoms with Gasteiger partial charge in [0.05, 0.1) is 10.8 Å². The molecule has 3 aliphatic carbocycles. The fourth-order valence-electron chi connectivity index (χ4n) is 13.0. The molecule has 1 spiro atoms. The van der Waals surface area contributed by atoms with Gasteiger partial charge in [-0.05, 0) is 138 Å². The molecule has 0 aliphatic heterocycles. The highest BCUT2D eigenvalue weighted by atomic mass is 32.1. The highest BCUT2D eigenvalue weighted by Crippen LogP contribution is 2.66. The lowest BCUT2D eigenvalue weighted by Gasteiger charge is -2.35. The normalized spacial score (nSPS) is 15.1. The maximum atomic E-state index is 2.51. The molecule has 1 aromatic heterocycles. The molecular formula is C70H45NS. The number of rotatable bonds is 7. The van der Waals surface area contributed by atoms with Crippen LogP contribution in [0.4, 0.5) is 17.1 Å². The lowest BCUT2D eigenvalue weighted by atomic mass is 9.67. The van der Waals surface area contributed by atoms with E-state index in [-0.39, 0.29) is 0 Å². The molecule has 0 saturated heterocycles. The van der Waals surface area contributed by atoms with Gasteiger partial charge in [-0.2, -0.15) is 0 Å². The summed E-state index contributed by atoms with van der Waals surface area (Å²) in [5.74, 6) is 0. The maximum absolute atomic E-state index is 2.51. The molecule has 336 valence electrons. The van der Waals surface area contributed by atoms with Gasteiger partial charge in [0, 0.05) is 37.6 Å². The molecule has 0 radical (unpaired) electrons. The molecule has 11 aromatic carbocycles. The summed E-state index contributed by atoms with van der Waals surface area (Å²) in [6.07, 6.45) is 0. The molecule has 1 heterocycles. The van der Waals surface area contributed by atoms with Crippen molar-refractivity contribution in [2.45, 2.75) is 10.8 Å². The van der Waals surface area contributed by atoms with Crippen molar-refractivity contribution in [3.63, 3.8) is 0 Å². The van der Waals surface area contributed by atoms with Crippen LogP contribution in [0.1, 0.15) is 43.8 Å². The Balaban J connectivity index is 0.895. The molecule has 0 amide bonds. The minimum Gasteiger partial charge on any atom is -0.310 e. The number of benzene rings is 11. The van der Waals surface area contributed by atoms with E-state index in [4.69, 9.17) is 0 Å². The average molecular weight is 932 g/mol. The van der Waals surface area contributed by atoms with E-state index in [0.717, 1.165) is 17.1 Å². The lowest BCUT2D eigenvalue weighted by Crippen LogP contribution is -2.28. The minimum absolute atomic E-state index is 0.401. The smallest absolute Gasteiger partial charge is 0.0819 e. The monoisotopic (exact) mass is 931 g/mol. The standard InChI is InChI=1S/C70H45NS/c1-4-18-46(19-5-1)47-32-37-52(38-33-47)71(54-41-43-58-55-24-10-14-28-61(55)69(65(58)45-54,50-20-6-2-7-21-50)51-22-8-3-9-23-51)53-39-34-48(35-40-53)49-36-42-57-56-25-11-15-29-62(56)70(64(57)44-49)63-30-16-12-26-59(63)67-60-27-13-17-31-66(60)72-68(67)70/h1-45H. The second-order valence-electron chi connectivity index (χ2n) is 19.5. The summed E-state index contributed by atoms with van der Waals surface area (Å²) in [5, 5.41) is 1.34. The number of thiophene rings is 1. The first-order valence-corrected chi connectivity index (χ1v) is 25.8. The van der Waals surface area contributed by atoms with E-state index in [1.807, 2.05) is 11.3 Å². The Labute approximate surface area is 424 Å². The van der Waals surface area contributed by atoms with Crippen molar-refractivity contribution >= 4 is 38.5 Å². The van der Waals surface area contributed by atoms with E-state index < -0.39 is 10.8 Å². The van der Waals surface area contributed by atoms with Gasteiger partial charge in [-0.15, -0.1) is 11.3 Å². The van der Waals surface area contributed by atoms with Gasteiger partial charge in [0.2, 0.25) is 0 Å². The number of nitrogens with zero attached hydrogens (tertiary/aromatic N) is 1. The molecule has 0 fully saturated rings. The topological polar surface area (TPSA) is 3.24 Å². The van der Waals surface area contributed by atoms with Crippen LogP contribution in [0.25, 0.3) is 65.7 Å². The van der Waals surface area contributed by atoms with Crippen molar-refractivity contribution in [3.8, 4) is 55.6 Å². The average Bonchev–Trinajstić information content (AvgIpc) is 4.16. The van der Waals surface area contributed by atoms with Gasteiger partial charge in [-0.25, -0.2) is 0 Å². The van der Waals surface area contributed by atoms with E-state index in [2.05, 4.69) is 278 Å². The molecule has 0 N–H and O–H groups in total. The van der Waals surface area contributed by atoms with E-state index in [1.165, 1.54) is 110 Å². The third kappa shape index (κ3) is 5.70. The van der Waals surface area contributed by atoms with Crippen LogP contribution < -0.4 is 4.90 Å². The van der Waals surface area contributed by atoms with Gasteiger partial charge in [0.1, 0.15) is 0 Å². The Hall–Kier alpha value is -8.82. The fraction of sp³-hybridized carbons (Fsp3) is 0.0286. The van der Waals surface area contributed by atoms with Gasteiger partial charge in [0.25, 0.3) is 0 Å². The Morgan fingerprint density at radius 3 is 1.32 bits per heavy atom. The molecular weight excluding hydrogens is 887 g/mol. The van der Waals surface area contributed by atoms with Gasteiger partial charge >= 0.3 is 0 Å². The predicted molar refractivity (Wildman–Crippen MR) is 301 cm³/mol. The Morgan fingerprint density at radius 2 is 0.694 bits per heavy atom. The molecule has 1 unspecified atom stereocenters. The summed E-state index contributed by atoms with van der Waals surface area (Å²) in [6, 6.07) is 102. The Morgan fingerprint density at radius 1 is 0.278 bits per heavy atom. The van der Waals surface area contributed by atoms with Crippen molar-refractivity contribution in [2.75, 3.05) is 4.90 Å². The first-order valence-electron chi connectivity index (χ1n) is 25.0. The first kappa shape index (κ1) is 41.0. The number of hydrogen-bond donors (Lipinski definition) is 0. The second kappa shape index (κ2) is 15.8. The SMILES string of the molecule is c1ccc(-c2ccc(N(c3ccc(-c4ccc5c(c4)C4(c6ccccc6-5)c5ccccc5-c5c4sc4ccccc54)cc3)c3ccc4c(c3)C(c3ccccc3)(c3ccccc3)c3ccccc3-4)cc2)cc1. The zero-order valence-corrected chi connectivity index (χ0v) is 40.2. The van der Waals surface area contributed by atoms with E-state index in [0.29, 0.717) is 0 Å². The maximum Gasteiger partial charge on any atom is 0.0819 e. The summed E-state index contributed by atoms with van der Waals surface area (Å²) in [6.45, 7) is 0. The van der Waals surface area contributed by atoms with Crippen LogP contribution in [0.15, 0.2) is 273 Å². The molecule has 12 aromatic rings. The van der Waals surface area contributed by atoms with Gasteiger partial charge in [-0.3, -0.25) is 0 Å². The van der Waals surface area contributed by atoms with E-state index in [1.54, 1.807) is 0 Å². The van der Waals surface area contributed by atoms with Crippen molar-refractivity contribution in [1.29, 1.82) is 0 Å². The summed E-state index contributed by atoms with van der Waals surface area (Å²) < 4.78 is 1.34. The highest BCUT2D eigenvalue weighted by Gasteiger charge is 2.53.